The molecule has 1 amide bonds. The number of allylic oxidation sites excluding steroid dienone is 4. The summed E-state index contributed by atoms with van der Waals surface area (Å²) < 4.78 is 4.55. The van der Waals surface area contributed by atoms with Crippen LogP contribution in [0.3, 0.4) is 0 Å². The molecular formula is C20H23N3O3. The Balaban J connectivity index is 2.21. The third-order valence-electron chi connectivity index (χ3n) is 3.68. The lowest BCUT2D eigenvalue weighted by molar-refractivity contribution is -0.142. The van der Waals surface area contributed by atoms with Crippen molar-refractivity contribution >= 4 is 29.0 Å². The Morgan fingerprint density at radius 2 is 2.00 bits per heavy atom. The predicted octanol–water partition coefficient (Wildman–Crippen LogP) is 3.27. The van der Waals surface area contributed by atoms with Crippen LogP contribution in [-0.4, -0.2) is 31.2 Å². The van der Waals surface area contributed by atoms with Crippen molar-refractivity contribution in [2.75, 3.05) is 19.0 Å². The average molecular weight is 353 g/mol. The Labute approximate surface area is 153 Å². The Bertz CT molecular complexity index is 791. The van der Waals surface area contributed by atoms with E-state index in [1.165, 1.54) is 7.11 Å². The number of ether oxygens (including phenoxy) is 1. The van der Waals surface area contributed by atoms with Crippen LogP contribution in [-0.2, 0) is 14.3 Å². The summed E-state index contributed by atoms with van der Waals surface area (Å²) in [4.78, 5) is 28.0. The quantitative estimate of drug-likeness (QED) is 0.737. The maximum Gasteiger partial charge on any atom is 0.306 e. The molecule has 136 valence electrons. The lowest BCUT2D eigenvalue weighted by Gasteiger charge is -2.17. The van der Waals surface area contributed by atoms with Gasteiger partial charge in [0.25, 0.3) is 0 Å². The molecule has 0 fully saturated rings. The molecule has 0 atom stereocenters. The van der Waals surface area contributed by atoms with Crippen LogP contribution in [0.15, 0.2) is 65.3 Å². The fourth-order valence-electron chi connectivity index (χ4n) is 2.39. The second-order valence-corrected chi connectivity index (χ2v) is 5.60. The molecule has 0 aliphatic heterocycles. The lowest BCUT2D eigenvalue weighted by Crippen LogP contribution is -2.29. The van der Waals surface area contributed by atoms with Gasteiger partial charge >= 0.3 is 5.97 Å². The highest BCUT2D eigenvalue weighted by atomic mass is 16.5. The van der Waals surface area contributed by atoms with E-state index in [-0.39, 0.29) is 18.7 Å². The zero-order chi connectivity index (χ0) is 18.9. The number of amides is 1. The molecule has 0 bridgehead atoms. The number of methoxy groups -OCH3 is 1. The van der Waals surface area contributed by atoms with Gasteiger partial charge in [-0.25, -0.2) is 4.99 Å². The van der Waals surface area contributed by atoms with E-state index in [9.17, 15) is 9.59 Å². The number of anilines is 1. The number of nitrogens with zero attached hydrogens (tertiary/aromatic N) is 1. The van der Waals surface area contributed by atoms with E-state index >= 15 is 0 Å². The number of aliphatic imine (C=N–C) groups is 1. The smallest absolute Gasteiger partial charge is 0.306 e. The number of para-hydroxylation sites is 2. The molecule has 0 saturated heterocycles. The Morgan fingerprint density at radius 1 is 1.23 bits per heavy atom. The Kier molecular flexibility index (Phi) is 6.91. The van der Waals surface area contributed by atoms with E-state index in [1.54, 1.807) is 12.2 Å². The highest BCUT2D eigenvalue weighted by Gasteiger charge is 2.16. The van der Waals surface area contributed by atoms with Gasteiger partial charge in [-0.2, -0.15) is 0 Å². The first-order chi connectivity index (χ1) is 12.5. The summed E-state index contributed by atoms with van der Waals surface area (Å²) in [6.45, 7) is 6.79. The zero-order valence-electron chi connectivity index (χ0n) is 15.0. The maximum atomic E-state index is 12.1. The van der Waals surface area contributed by atoms with E-state index < -0.39 is 5.97 Å². The SMILES string of the molecule is C=C1C=CC=C(NC(=O)CCC(=O)OC)C1=Nc1ccccc1NCC. The van der Waals surface area contributed by atoms with Crippen molar-refractivity contribution in [2.45, 2.75) is 19.8 Å². The van der Waals surface area contributed by atoms with Crippen molar-refractivity contribution in [2.24, 2.45) is 4.99 Å². The van der Waals surface area contributed by atoms with Crippen LogP contribution in [0, 0.1) is 0 Å². The van der Waals surface area contributed by atoms with Crippen molar-refractivity contribution in [1.82, 2.24) is 5.32 Å². The molecule has 2 N–H and O–H groups in total. The summed E-state index contributed by atoms with van der Waals surface area (Å²) in [5.41, 5.74) is 3.50. The Hall–Kier alpha value is -3.15. The molecule has 1 aromatic rings. The van der Waals surface area contributed by atoms with Gasteiger partial charge in [-0.05, 0) is 30.7 Å². The standard InChI is InChI=1S/C20H23N3O3/c1-4-21-15-9-5-6-10-16(15)23-20-14(2)8-7-11-17(20)22-18(24)12-13-19(25)26-3/h5-11,21H,2,4,12-13H2,1,3H3,(H,22,24). The first-order valence-electron chi connectivity index (χ1n) is 8.41. The van der Waals surface area contributed by atoms with Crippen molar-refractivity contribution in [1.29, 1.82) is 0 Å². The molecule has 1 aromatic carbocycles. The van der Waals surface area contributed by atoms with Gasteiger partial charge in [0.1, 0.15) is 0 Å². The molecule has 1 aliphatic rings. The van der Waals surface area contributed by atoms with Gasteiger partial charge in [-0.3, -0.25) is 9.59 Å². The Morgan fingerprint density at radius 3 is 2.73 bits per heavy atom. The molecule has 0 unspecified atom stereocenters. The molecule has 2 rings (SSSR count). The average Bonchev–Trinajstić information content (AvgIpc) is 2.64. The predicted molar refractivity (Wildman–Crippen MR) is 103 cm³/mol. The third kappa shape index (κ3) is 5.17. The summed E-state index contributed by atoms with van der Waals surface area (Å²) in [5.74, 6) is -0.701. The van der Waals surface area contributed by atoms with Crippen LogP contribution >= 0.6 is 0 Å². The number of benzene rings is 1. The molecule has 1 aliphatic carbocycles. The van der Waals surface area contributed by atoms with Crippen molar-refractivity contribution in [3.8, 4) is 0 Å². The second-order valence-electron chi connectivity index (χ2n) is 5.60. The van der Waals surface area contributed by atoms with Gasteiger partial charge in [0, 0.05) is 13.0 Å². The second kappa shape index (κ2) is 9.36. The summed E-state index contributed by atoms with van der Waals surface area (Å²) in [5, 5.41) is 6.06. The summed E-state index contributed by atoms with van der Waals surface area (Å²) >= 11 is 0. The fourth-order valence-corrected chi connectivity index (χ4v) is 2.39. The molecule has 6 heteroatoms. The summed E-state index contributed by atoms with van der Waals surface area (Å²) in [6, 6.07) is 7.68. The number of rotatable bonds is 7. The zero-order valence-corrected chi connectivity index (χ0v) is 15.0. The molecular weight excluding hydrogens is 330 g/mol. The molecule has 0 saturated carbocycles. The highest BCUT2D eigenvalue weighted by molar-refractivity contribution is 6.17. The minimum Gasteiger partial charge on any atom is -0.469 e. The van der Waals surface area contributed by atoms with Gasteiger partial charge in [0.15, 0.2) is 0 Å². The van der Waals surface area contributed by atoms with E-state index in [1.807, 2.05) is 37.3 Å². The molecule has 0 heterocycles. The molecule has 0 spiro atoms. The van der Waals surface area contributed by atoms with Crippen molar-refractivity contribution in [3.63, 3.8) is 0 Å². The van der Waals surface area contributed by atoms with Gasteiger partial charge in [0.2, 0.25) is 5.91 Å². The van der Waals surface area contributed by atoms with Crippen LogP contribution < -0.4 is 10.6 Å². The van der Waals surface area contributed by atoms with Gasteiger partial charge in [0.05, 0.1) is 36.3 Å². The third-order valence-corrected chi connectivity index (χ3v) is 3.68. The van der Waals surface area contributed by atoms with Crippen LogP contribution in [0.25, 0.3) is 0 Å². The molecule has 26 heavy (non-hydrogen) atoms. The van der Waals surface area contributed by atoms with Crippen LogP contribution in [0.1, 0.15) is 19.8 Å². The topological polar surface area (TPSA) is 79.8 Å². The van der Waals surface area contributed by atoms with Crippen LogP contribution in [0.2, 0.25) is 0 Å². The van der Waals surface area contributed by atoms with Gasteiger partial charge < -0.3 is 15.4 Å². The number of carbonyl (C=O) groups is 2. The summed E-state index contributed by atoms with van der Waals surface area (Å²) in [7, 11) is 1.30. The van der Waals surface area contributed by atoms with Gasteiger partial charge in [-0.1, -0.05) is 30.9 Å². The van der Waals surface area contributed by atoms with Crippen LogP contribution in [0.4, 0.5) is 11.4 Å². The first kappa shape index (κ1) is 19.2. The van der Waals surface area contributed by atoms with E-state index in [2.05, 4.69) is 21.9 Å². The number of esters is 1. The maximum absolute atomic E-state index is 12.1. The van der Waals surface area contributed by atoms with Crippen molar-refractivity contribution in [3.05, 3.63) is 60.3 Å². The van der Waals surface area contributed by atoms with Gasteiger partial charge in [-0.15, -0.1) is 0 Å². The number of carbonyl (C=O) groups excluding carboxylic acids is 2. The normalized spacial score (nSPS) is 14.8. The van der Waals surface area contributed by atoms with Crippen LogP contribution in [0.5, 0.6) is 0 Å². The first-order valence-corrected chi connectivity index (χ1v) is 8.41. The fraction of sp³-hybridized carbons (Fsp3) is 0.250. The summed E-state index contributed by atoms with van der Waals surface area (Å²) in [6.07, 6.45) is 5.47. The largest absolute Gasteiger partial charge is 0.469 e. The molecule has 0 radical (unpaired) electrons. The number of nitrogens with one attached hydrogen (secondary N) is 2. The lowest BCUT2D eigenvalue weighted by atomic mass is 10.0. The molecule has 0 aromatic heterocycles. The number of hydrogen-bond acceptors (Lipinski definition) is 5. The molecule has 6 nitrogen and oxygen atoms in total. The monoisotopic (exact) mass is 353 g/mol. The van der Waals surface area contributed by atoms with Crippen molar-refractivity contribution < 1.29 is 14.3 Å². The number of hydrogen-bond donors (Lipinski definition) is 2. The van der Waals surface area contributed by atoms with E-state index in [0.717, 1.165) is 17.9 Å². The van der Waals surface area contributed by atoms with E-state index in [4.69, 9.17) is 4.99 Å². The minimum atomic E-state index is -0.421. The minimum absolute atomic E-state index is 0.0299. The van der Waals surface area contributed by atoms with E-state index in [0.29, 0.717) is 17.0 Å². The highest BCUT2D eigenvalue weighted by Crippen LogP contribution is 2.27.